The van der Waals surface area contributed by atoms with Gasteiger partial charge in [-0.2, -0.15) is 4.98 Å². The molecule has 2 aromatic rings. The van der Waals surface area contributed by atoms with Crippen LogP contribution in [-0.4, -0.2) is 42.8 Å². The highest BCUT2D eigenvalue weighted by Gasteiger charge is 2.15. The van der Waals surface area contributed by atoms with Crippen molar-refractivity contribution < 1.29 is 4.74 Å². The SMILES string of the molecule is CCCCCNc1cc(C)nc(Nc2ccccc2N2CCOCC2)n1. The Labute approximate surface area is 156 Å². The third-order valence-corrected chi connectivity index (χ3v) is 4.44. The number of unbranched alkanes of at least 4 members (excludes halogenated alkanes) is 2. The largest absolute Gasteiger partial charge is 0.378 e. The molecule has 6 nitrogen and oxygen atoms in total. The van der Waals surface area contributed by atoms with Crippen molar-refractivity contribution in [3.8, 4) is 0 Å². The number of anilines is 4. The molecule has 0 aliphatic carbocycles. The van der Waals surface area contributed by atoms with E-state index in [9.17, 15) is 0 Å². The summed E-state index contributed by atoms with van der Waals surface area (Å²) in [5, 5.41) is 6.81. The van der Waals surface area contributed by atoms with Crippen LogP contribution in [0.4, 0.5) is 23.1 Å². The summed E-state index contributed by atoms with van der Waals surface area (Å²) in [4.78, 5) is 11.5. The number of nitrogens with one attached hydrogen (secondary N) is 2. The Balaban J connectivity index is 1.73. The number of aryl methyl sites for hydroxylation is 1. The van der Waals surface area contributed by atoms with Gasteiger partial charge in [0.05, 0.1) is 24.6 Å². The topological polar surface area (TPSA) is 62.3 Å². The van der Waals surface area contributed by atoms with Gasteiger partial charge in [-0.1, -0.05) is 31.9 Å². The summed E-state index contributed by atoms with van der Waals surface area (Å²) in [6, 6.07) is 10.3. The number of benzene rings is 1. The third kappa shape index (κ3) is 5.08. The van der Waals surface area contributed by atoms with Crippen LogP contribution in [0.2, 0.25) is 0 Å². The number of rotatable bonds is 8. The molecular weight excluding hydrogens is 326 g/mol. The number of para-hydroxylation sites is 2. The lowest BCUT2D eigenvalue weighted by atomic mass is 10.2. The summed E-state index contributed by atoms with van der Waals surface area (Å²) < 4.78 is 5.47. The van der Waals surface area contributed by atoms with Crippen molar-refractivity contribution in [2.24, 2.45) is 0 Å². The standard InChI is InChI=1S/C20H29N5O/c1-3-4-7-10-21-19-15-16(2)22-20(24-19)23-17-8-5-6-9-18(17)25-11-13-26-14-12-25/h5-6,8-9,15H,3-4,7,10-14H2,1-2H3,(H2,21,22,23,24). The van der Waals surface area contributed by atoms with Crippen molar-refractivity contribution >= 4 is 23.1 Å². The molecule has 1 aliphatic heterocycles. The van der Waals surface area contributed by atoms with E-state index in [2.05, 4.69) is 50.6 Å². The minimum atomic E-state index is 0.628. The molecule has 1 aromatic heterocycles. The zero-order valence-corrected chi connectivity index (χ0v) is 15.8. The van der Waals surface area contributed by atoms with Gasteiger partial charge in [-0.05, 0) is 25.5 Å². The van der Waals surface area contributed by atoms with Gasteiger partial charge in [0, 0.05) is 31.4 Å². The molecule has 0 atom stereocenters. The van der Waals surface area contributed by atoms with Crippen LogP contribution in [0.25, 0.3) is 0 Å². The van der Waals surface area contributed by atoms with Gasteiger partial charge in [0.2, 0.25) is 5.95 Å². The average Bonchev–Trinajstić information content (AvgIpc) is 2.66. The lowest BCUT2D eigenvalue weighted by molar-refractivity contribution is 0.123. The molecule has 2 heterocycles. The average molecular weight is 355 g/mol. The first-order valence-corrected chi connectivity index (χ1v) is 9.54. The number of hydrogen-bond acceptors (Lipinski definition) is 6. The fourth-order valence-electron chi connectivity index (χ4n) is 3.09. The maximum absolute atomic E-state index is 5.47. The molecule has 0 spiro atoms. The van der Waals surface area contributed by atoms with Crippen LogP contribution in [0, 0.1) is 6.92 Å². The summed E-state index contributed by atoms with van der Waals surface area (Å²) in [7, 11) is 0. The summed E-state index contributed by atoms with van der Waals surface area (Å²) in [6.07, 6.45) is 3.60. The Morgan fingerprint density at radius 2 is 1.92 bits per heavy atom. The Morgan fingerprint density at radius 1 is 1.12 bits per heavy atom. The van der Waals surface area contributed by atoms with Crippen molar-refractivity contribution in [1.82, 2.24) is 9.97 Å². The Morgan fingerprint density at radius 3 is 2.73 bits per heavy atom. The van der Waals surface area contributed by atoms with E-state index in [1.54, 1.807) is 0 Å². The van der Waals surface area contributed by atoms with Gasteiger partial charge < -0.3 is 20.3 Å². The summed E-state index contributed by atoms with van der Waals surface area (Å²) >= 11 is 0. The second-order valence-corrected chi connectivity index (χ2v) is 6.59. The van der Waals surface area contributed by atoms with Gasteiger partial charge in [0.15, 0.2) is 0 Å². The van der Waals surface area contributed by atoms with Crippen molar-refractivity contribution in [1.29, 1.82) is 0 Å². The van der Waals surface area contributed by atoms with Crippen LogP contribution in [0.3, 0.4) is 0 Å². The molecule has 0 saturated carbocycles. The van der Waals surface area contributed by atoms with E-state index in [0.717, 1.165) is 56.5 Å². The van der Waals surface area contributed by atoms with Crippen molar-refractivity contribution in [2.75, 3.05) is 48.4 Å². The van der Waals surface area contributed by atoms with E-state index in [1.807, 2.05) is 19.1 Å². The number of aromatic nitrogens is 2. The van der Waals surface area contributed by atoms with E-state index in [0.29, 0.717) is 5.95 Å². The molecule has 0 unspecified atom stereocenters. The van der Waals surface area contributed by atoms with E-state index in [1.165, 1.54) is 18.5 Å². The quantitative estimate of drug-likeness (QED) is 0.699. The zero-order valence-electron chi connectivity index (χ0n) is 15.8. The molecule has 140 valence electrons. The summed E-state index contributed by atoms with van der Waals surface area (Å²) in [6.45, 7) is 8.48. The van der Waals surface area contributed by atoms with E-state index < -0.39 is 0 Å². The van der Waals surface area contributed by atoms with E-state index >= 15 is 0 Å². The Bertz CT molecular complexity index is 700. The van der Waals surface area contributed by atoms with Crippen LogP contribution in [0.5, 0.6) is 0 Å². The molecule has 1 aromatic carbocycles. The van der Waals surface area contributed by atoms with Crippen LogP contribution in [0.1, 0.15) is 31.9 Å². The third-order valence-electron chi connectivity index (χ3n) is 4.44. The second kappa shape index (κ2) is 9.38. The highest BCUT2D eigenvalue weighted by molar-refractivity contribution is 5.73. The van der Waals surface area contributed by atoms with Gasteiger partial charge in [0.1, 0.15) is 5.82 Å². The maximum Gasteiger partial charge on any atom is 0.229 e. The van der Waals surface area contributed by atoms with Gasteiger partial charge in [0.25, 0.3) is 0 Å². The second-order valence-electron chi connectivity index (χ2n) is 6.59. The van der Waals surface area contributed by atoms with Gasteiger partial charge in [-0.25, -0.2) is 4.98 Å². The predicted octanol–water partition coefficient (Wildman–Crippen LogP) is 3.97. The Hall–Kier alpha value is -2.34. The van der Waals surface area contributed by atoms with Crippen LogP contribution < -0.4 is 15.5 Å². The Kier molecular flexibility index (Phi) is 6.66. The molecule has 2 N–H and O–H groups in total. The fourth-order valence-corrected chi connectivity index (χ4v) is 3.09. The normalized spacial score (nSPS) is 14.3. The monoisotopic (exact) mass is 355 g/mol. The number of ether oxygens (including phenoxy) is 1. The van der Waals surface area contributed by atoms with E-state index in [4.69, 9.17) is 4.74 Å². The van der Waals surface area contributed by atoms with Crippen molar-refractivity contribution in [3.05, 3.63) is 36.0 Å². The van der Waals surface area contributed by atoms with Gasteiger partial charge in [-0.3, -0.25) is 0 Å². The molecule has 0 bridgehead atoms. The van der Waals surface area contributed by atoms with Gasteiger partial charge in [-0.15, -0.1) is 0 Å². The van der Waals surface area contributed by atoms with Crippen molar-refractivity contribution in [2.45, 2.75) is 33.1 Å². The molecule has 1 fully saturated rings. The first kappa shape index (κ1) is 18.5. The number of hydrogen-bond donors (Lipinski definition) is 2. The van der Waals surface area contributed by atoms with Crippen molar-refractivity contribution in [3.63, 3.8) is 0 Å². The van der Waals surface area contributed by atoms with Gasteiger partial charge >= 0.3 is 0 Å². The lowest BCUT2D eigenvalue weighted by Gasteiger charge is -2.30. The molecular formula is C20H29N5O. The molecule has 6 heteroatoms. The number of nitrogens with zero attached hydrogens (tertiary/aromatic N) is 3. The zero-order chi connectivity index (χ0) is 18.2. The first-order chi connectivity index (χ1) is 12.8. The predicted molar refractivity (Wildman–Crippen MR) is 108 cm³/mol. The fraction of sp³-hybridized carbons (Fsp3) is 0.500. The molecule has 0 radical (unpaired) electrons. The lowest BCUT2D eigenvalue weighted by Crippen LogP contribution is -2.36. The van der Waals surface area contributed by atoms with Crippen LogP contribution >= 0.6 is 0 Å². The highest BCUT2D eigenvalue weighted by atomic mass is 16.5. The highest BCUT2D eigenvalue weighted by Crippen LogP contribution is 2.28. The maximum atomic E-state index is 5.47. The summed E-state index contributed by atoms with van der Waals surface area (Å²) in [5.74, 6) is 1.50. The molecule has 1 saturated heterocycles. The van der Waals surface area contributed by atoms with Crippen LogP contribution in [0.15, 0.2) is 30.3 Å². The molecule has 0 amide bonds. The van der Waals surface area contributed by atoms with E-state index in [-0.39, 0.29) is 0 Å². The minimum Gasteiger partial charge on any atom is -0.378 e. The van der Waals surface area contributed by atoms with Crippen LogP contribution in [-0.2, 0) is 4.74 Å². The smallest absolute Gasteiger partial charge is 0.229 e. The minimum absolute atomic E-state index is 0.628. The first-order valence-electron chi connectivity index (χ1n) is 9.54. The molecule has 3 rings (SSSR count). The molecule has 1 aliphatic rings. The molecule has 26 heavy (non-hydrogen) atoms. The number of morpholine rings is 1. The summed E-state index contributed by atoms with van der Waals surface area (Å²) in [5.41, 5.74) is 3.14.